The van der Waals surface area contributed by atoms with E-state index in [4.69, 9.17) is 0 Å². The van der Waals surface area contributed by atoms with Gasteiger partial charge in [0.1, 0.15) is 6.04 Å². The first-order chi connectivity index (χ1) is 9.15. The van der Waals surface area contributed by atoms with Crippen molar-refractivity contribution in [2.45, 2.75) is 31.8 Å². The Balaban J connectivity index is 1.79. The average molecular weight is 258 g/mol. The van der Waals surface area contributed by atoms with Crippen LogP contribution in [0.1, 0.15) is 25.3 Å². The van der Waals surface area contributed by atoms with Gasteiger partial charge in [-0.05, 0) is 31.4 Å². The highest BCUT2D eigenvalue weighted by Gasteiger charge is 2.25. The highest BCUT2D eigenvalue weighted by atomic mass is 16.2. The van der Waals surface area contributed by atoms with Crippen molar-refractivity contribution in [2.24, 2.45) is 0 Å². The molecular formula is C15H18N2O2. The fraction of sp³-hybridized carbons (Fsp3) is 0.333. The second-order valence-electron chi connectivity index (χ2n) is 4.76. The molecule has 0 aromatic heterocycles. The molecule has 1 fully saturated rings. The van der Waals surface area contributed by atoms with E-state index in [0.717, 1.165) is 18.4 Å². The molecule has 0 unspecified atom stereocenters. The van der Waals surface area contributed by atoms with Gasteiger partial charge in [-0.3, -0.25) is 9.59 Å². The van der Waals surface area contributed by atoms with Crippen LogP contribution in [0.2, 0.25) is 0 Å². The van der Waals surface area contributed by atoms with Crippen molar-refractivity contribution in [1.29, 1.82) is 0 Å². The van der Waals surface area contributed by atoms with Gasteiger partial charge < -0.3 is 10.6 Å². The van der Waals surface area contributed by atoms with E-state index in [-0.39, 0.29) is 11.8 Å². The zero-order valence-electron chi connectivity index (χ0n) is 10.9. The summed E-state index contributed by atoms with van der Waals surface area (Å²) in [5.41, 5.74) is 0.952. The van der Waals surface area contributed by atoms with Crippen LogP contribution < -0.4 is 10.6 Å². The molecule has 0 bridgehead atoms. The van der Waals surface area contributed by atoms with Gasteiger partial charge in [0.05, 0.1) is 0 Å². The van der Waals surface area contributed by atoms with Crippen molar-refractivity contribution in [1.82, 2.24) is 10.6 Å². The number of hydrogen-bond donors (Lipinski definition) is 2. The first kappa shape index (κ1) is 13.3. The first-order valence-corrected chi connectivity index (χ1v) is 6.49. The van der Waals surface area contributed by atoms with E-state index >= 15 is 0 Å². The first-order valence-electron chi connectivity index (χ1n) is 6.49. The molecule has 1 aliphatic carbocycles. The third-order valence-corrected chi connectivity index (χ3v) is 2.90. The molecule has 1 aromatic rings. The molecule has 0 saturated heterocycles. The number of amides is 2. The van der Waals surface area contributed by atoms with Crippen molar-refractivity contribution < 1.29 is 9.59 Å². The highest BCUT2D eigenvalue weighted by Crippen LogP contribution is 2.18. The lowest BCUT2D eigenvalue weighted by Gasteiger charge is -2.12. The average Bonchev–Trinajstić information content (AvgIpc) is 3.21. The lowest BCUT2D eigenvalue weighted by atomic mass is 10.2. The SMILES string of the molecule is C[C@H](NC(=O)/C=C/c1ccccc1)C(=O)NC1CC1. The standard InChI is InChI=1S/C15H18N2O2/c1-11(15(19)17-13-8-9-13)16-14(18)10-7-12-5-3-2-4-6-12/h2-7,10-11,13H,8-9H2,1H3,(H,16,18)(H,17,19)/b10-7+/t11-/m0/s1. The van der Waals surface area contributed by atoms with Crippen LogP contribution in [0.25, 0.3) is 6.08 Å². The summed E-state index contributed by atoms with van der Waals surface area (Å²) in [5.74, 6) is -0.383. The summed E-state index contributed by atoms with van der Waals surface area (Å²) in [7, 11) is 0. The Morgan fingerprint density at radius 2 is 1.95 bits per heavy atom. The lowest BCUT2D eigenvalue weighted by molar-refractivity contribution is -0.126. The minimum atomic E-state index is -0.506. The van der Waals surface area contributed by atoms with Crippen molar-refractivity contribution in [2.75, 3.05) is 0 Å². The molecule has 1 aliphatic rings. The lowest BCUT2D eigenvalue weighted by Crippen LogP contribution is -2.44. The highest BCUT2D eigenvalue weighted by molar-refractivity contribution is 5.95. The Morgan fingerprint density at radius 3 is 2.58 bits per heavy atom. The van der Waals surface area contributed by atoms with E-state index in [1.54, 1.807) is 13.0 Å². The Bertz CT molecular complexity index is 478. The molecule has 0 spiro atoms. The second kappa shape index (κ2) is 6.18. The van der Waals surface area contributed by atoms with Gasteiger partial charge in [-0.2, -0.15) is 0 Å². The van der Waals surface area contributed by atoms with Gasteiger partial charge in [0, 0.05) is 12.1 Å². The Hall–Kier alpha value is -2.10. The molecule has 1 atom stereocenters. The zero-order chi connectivity index (χ0) is 13.7. The summed E-state index contributed by atoms with van der Waals surface area (Å²) in [5, 5.41) is 5.50. The van der Waals surface area contributed by atoms with Crippen LogP contribution >= 0.6 is 0 Å². The van der Waals surface area contributed by atoms with Crippen LogP contribution in [0.5, 0.6) is 0 Å². The van der Waals surface area contributed by atoms with Crippen LogP contribution in [-0.4, -0.2) is 23.9 Å². The zero-order valence-corrected chi connectivity index (χ0v) is 10.9. The van der Waals surface area contributed by atoms with Gasteiger partial charge in [-0.25, -0.2) is 0 Å². The monoisotopic (exact) mass is 258 g/mol. The molecule has 4 nitrogen and oxygen atoms in total. The van der Waals surface area contributed by atoms with E-state index in [2.05, 4.69) is 10.6 Å². The molecule has 0 aliphatic heterocycles. The normalized spacial score (nSPS) is 16.1. The number of hydrogen-bond acceptors (Lipinski definition) is 2. The molecule has 2 rings (SSSR count). The Labute approximate surface area is 112 Å². The fourth-order valence-corrected chi connectivity index (χ4v) is 1.62. The second-order valence-corrected chi connectivity index (χ2v) is 4.76. The van der Waals surface area contributed by atoms with Gasteiger partial charge >= 0.3 is 0 Å². The molecule has 4 heteroatoms. The van der Waals surface area contributed by atoms with Gasteiger partial charge in [0.25, 0.3) is 0 Å². The van der Waals surface area contributed by atoms with Crippen LogP contribution in [0.15, 0.2) is 36.4 Å². The molecule has 2 amide bonds. The minimum Gasteiger partial charge on any atom is -0.352 e. The maximum absolute atomic E-state index is 11.7. The Kier molecular flexibility index (Phi) is 4.34. The molecule has 19 heavy (non-hydrogen) atoms. The van der Waals surface area contributed by atoms with Crippen molar-refractivity contribution in [3.63, 3.8) is 0 Å². The summed E-state index contributed by atoms with van der Waals surface area (Å²) in [6.45, 7) is 1.69. The molecular weight excluding hydrogens is 240 g/mol. The van der Waals surface area contributed by atoms with Gasteiger partial charge in [-0.15, -0.1) is 0 Å². The quantitative estimate of drug-likeness (QED) is 0.786. The van der Waals surface area contributed by atoms with Gasteiger partial charge in [0.15, 0.2) is 0 Å². The number of benzene rings is 1. The van der Waals surface area contributed by atoms with Crippen LogP contribution in [-0.2, 0) is 9.59 Å². The summed E-state index contributed by atoms with van der Waals surface area (Å²) in [6.07, 6.45) is 5.25. The third kappa shape index (κ3) is 4.58. The van der Waals surface area contributed by atoms with Crippen LogP contribution in [0.4, 0.5) is 0 Å². The fourth-order valence-electron chi connectivity index (χ4n) is 1.62. The van der Waals surface area contributed by atoms with Gasteiger partial charge in [0.2, 0.25) is 11.8 Å². The number of nitrogens with one attached hydrogen (secondary N) is 2. The smallest absolute Gasteiger partial charge is 0.244 e. The molecule has 0 radical (unpaired) electrons. The number of carbonyl (C=O) groups is 2. The Morgan fingerprint density at radius 1 is 1.26 bits per heavy atom. The third-order valence-electron chi connectivity index (χ3n) is 2.90. The van der Waals surface area contributed by atoms with Crippen molar-refractivity contribution in [3.8, 4) is 0 Å². The summed E-state index contributed by atoms with van der Waals surface area (Å²) < 4.78 is 0. The summed E-state index contributed by atoms with van der Waals surface area (Å²) in [6, 6.07) is 9.36. The van der Waals surface area contributed by atoms with E-state index < -0.39 is 6.04 Å². The summed E-state index contributed by atoms with van der Waals surface area (Å²) in [4.78, 5) is 23.3. The topological polar surface area (TPSA) is 58.2 Å². The van der Waals surface area contributed by atoms with E-state index in [1.807, 2.05) is 30.3 Å². The largest absolute Gasteiger partial charge is 0.352 e. The molecule has 1 aromatic carbocycles. The molecule has 100 valence electrons. The van der Waals surface area contributed by atoms with E-state index in [0.29, 0.717) is 6.04 Å². The van der Waals surface area contributed by atoms with Crippen molar-refractivity contribution >= 4 is 17.9 Å². The van der Waals surface area contributed by atoms with Crippen LogP contribution in [0.3, 0.4) is 0 Å². The van der Waals surface area contributed by atoms with Gasteiger partial charge in [-0.1, -0.05) is 30.3 Å². The van der Waals surface area contributed by atoms with E-state index in [1.165, 1.54) is 6.08 Å². The number of carbonyl (C=O) groups excluding carboxylic acids is 2. The predicted molar refractivity (Wildman–Crippen MR) is 74.2 cm³/mol. The predicted octanol–water partition coefficient (Wildman–Crippen LogP) is 1.48. The van der Waals surface area contributed by atoms with Crippen LogP contribution in [0, 0.1) is 0 Å². The molecule has 1 saturated carbocycles. The minimum absolute atomic E-state index is 0.121. The molecule has 0 heterocycles. The summed E-state index contributed by atoms with van der Waals surface area (Å²) >= 11 is 0. The number of rotatable bonds is 5. The maximum Gasteiger partial charge on any atom is 0.244 e. The van der Waals surface area contributed by atoms with Crippen molar-refractivity contribution in [3.05, 3.63) is 42.0 Å². The molecule has 2 N–H and O–H groups in total. The maximum atomic E-state index is 11.7. The van der Waals surface area contributed by atoms with E-state index in [9.17, 15) is 9.59 Å².